The lowest BCUT2D eigenvalue weighted by molar-refractivity contribution is 0.670. The average Bonchev–Trinajstić information content (AvgIpc) is 4.07. The van der Waals surface area contributed by atoms with E-state index in [2.05, 4.69) is 266 Å². The maximum absolute atomic E-state index is 6.93. The van der Waals surface area contributed by atoms with Crippen molar-refractivity contribution in [3.05, 3.63) is 283 Å². The van der Waals surface area contributed by atoms with Gasteiger partial charge in [0.2, 0.25) is 0 Å². The number of furan rings is 1. The molecule has 2 heteroatoms. The van der Waals surface area contributed by atoms with Gasteiger partial charge in [-0.1, -0.05) is 206 Å². The van der Waals surface area contributed by atoms with E-state index in [-0.39, 0.29) is 0 Å². The molecule has 0 unspecified atom stereocenters. The van der Waals surface area contributed by atoms with Gasteiger partial charge in [0.05, 0.1) is 11.1 Å². The molecule has 13 aromatic rings. The summed E-state index contributed by atoms with van der Waals surface area (Å²) in [4.78, 5) is 2.46. The molecule has 1 aromatic heterocycles. The Balaban J connectivity index is 0.931. The predicted molar refractivity (Wildman–Crippen MR) is 296 cm³/mol. The number of hydrogen-bond acceptors (Lipinski definition) is 2. The van der Waals surface area contributed by atoms with Crippen molar-refractivity contribution in [1.82, 2.24) is 0 Å². The van der Waals surface area contributed by atoms with Gasteiger partial charge in [0.1, 0.15) is 11.2 Å². The van der Waals surface area contributed by atoms with Crippen molar-refractivity contribution in [2.45, 2.75) is 5.41 Å². The number of anilines is 3. The maximum atomic E-state index is 6.93. The highest BCUT2D eigenvalue weighted by molar-refractivity contribution is 6.14. The zero-order valence-corrected chi connectivity index (χ0v) is 38.7. The van der Waals surface area contributed by atoms with Crippen molar-refractivity contribution in [3.63, 3.8) is 0 Å². The van der Waals surface area contributed by atoms with Crippen molar-refractivity contribution in [1.29, 1.82) is 0 Å². The molecule has 1 heterocycles. The Hall–Kier alpha value is -9.24. The lowest BCUT2D eigenvalue weighted by Gasteiger charge is -2.32. The van der Waals surface area contributed by atoms with Gasteiger partial charge >= 0.3 is 0 Å². The first-order chi connectivity index (χ1) is 35.2. The summed E-state index contributed by atoms with van der Waals surface area (Å²) in [5.74, 6) is 0. The van der Waals surface area contributed by atoms with Crippen LogP contribution in [0.3, 0.4) is 0 Å². The second-order valence-corrected chi connectivity index (χ2v) is 19.1. The largest absolute Gasteiger partial charge is 0.455 e. The lowest BCUT2D eigenvalue weighted by Crippen LogP contribution is -2.26. The molecule has 0 saturated carbocycles. The van der Waals surface area contributed by atoms with E-state index in [0.29, 0.717) is 0 Å². The smallest absolute Gasteiger partial charge is 0.143 e. The molecule has 71 heavy (non-hydrogen) atoms. The lowest BCUT2D eigenvalue weighted by atomic mass is 9.70. The highest BCUT2D eigenvalue weighted by Crippen LogP contribution is 2.63. The molecule has 0 radical (unpaired) electrons. The van der Waals surface area contributed by atoms with E-state index in [0.717, 1.165) is 55.7 Å². The summed E-state index contributed by atoms with van der Waals surface area (Å²) in [6, 6.07) is 96.1. The molecule has 2 aliphatic carbocycles. The third kappa shape index (κ3) is 5.89. The van der Waals surface area contributed by atoms with Gasteiger partial charge in [-0.25, -0.2) is 0 Å². The molecule has 2 aliphatic rings. The summed E-state index contributed by atoms with van der Waals surface area (Å²) in [5.41, 5.74) is 21.8. The van der Waals surface area contributed by atoms with Crippen LogP contribution in [0, 0.1) is 0 Å². The van der Waals surface area contributed by atoms with Crippen molar-refractivity contribution < 1.29 is 4.42 Å². The van der Waals surface area contributed by atoms with Crippen molar-refractivity contribution in [3.8, 4) is 55.6 Å². The van der Waals surface area contributed by atoms with Gasteiger partial charge in [-0.3, -0.25) is 0 Å². The minimum atomic E-state index is -0.483. The van der Waals surface area contributed by atoms with Crippen LogP contribution < -0.4 is 4.90 Å². The molecule has 330 valence electrons. The molecule has 12 aromatic carbocycles. The standard InChI is InChI=1S/C69H43NO/c1-2-16-46-40-51(32-31-44(46)15-1)48-20-13-19-47(39-48)45-33-35-52(36-34-45)70(66-30-12-8-24-58(66)59-25-14-26-60-61-41-49-17-3-4-18-50(49)42-67(61)71-68(59)60)53-37-38-57-56-23-7-11-29-64(56)69(65(57)43-53)62-27-9-5-21-54(62)55-22-6-10-28-63(55)69/h1-43H. The molecule has 0 fully saturated rings. The van der Waals surface area contributed by atoms with E-state index >= 15 is 0 Å². The molecule has 2 nitrogen and oxygen atoms in total. The van der Waals surface area contributed by atoms with Crippen LogP contribution in [-0.4, -0.2) is 0 Å². The molecule has 0 bridgehead atoms. The van der Waals surface area contributed by atoms with Gasteiger partial charge in [0, 0.05) is 33.3 Å². The normalized spacial score (nSPS) is 12.9. The molecular weight excluding hydrogens is 859 g/mol. The molecule has 0 atom stereocenters. The van der Waals surface area contributed by atoms with Gasteiger partial charge in [0.25, 0.3) is 0 Å². The Morgan fingerprint density at radius 1 is 0.282 bits per heavy atom. The monoisotopic (exact) mass is 901 g/mol. The first-order valence-corrected chi connectivity index (χ1v) is 24.6. The summed E-state index contributed by atoms with van der Waals surface area (Å²) < 4.78 is 6.93. The summed E-state index contributed by atoms with van der Waals surface area (Å²) in [7, 11) is 0. The topological polar surface area (TPSA) is 16.4 Å². The van der Waals surface area contributed by atoms with Crippen LogP contribution in [0.15, 0.2) is 265 Å². The highest BCUT2D eigenvalue weighted by atomic mass is 16.3. The molecule has 0 N–H and O–H groups in total. The average molecular weight is 902 g/mol. The van der Waals surface area contributed by atoms with Crippen molar-refractivity contribution in [2.24, 2.45) is 0 Å². The summed E-state index contributed by atoms with van der Waals surface area (Å²) in [6.07, 6.45) is 0. The molecule has 15 rings (SSSR count). The number of benzene rings is 12. The SMILES string of the molecule is c1cc(-c2ccc(N(c3ccc4c(c3)C3(c5ccccc5-c5ccccc53)c3ccccc3-4)c3ccccc3-c3cccc4c3oc3cc5ccccc5cc34)cc2)cc(-c2ccc3ccccc3c2)c1. The Labute approximate surface area is 412 Å². The zero-order valence-electron chi connectivity index (χ0n) is 38.7. The summed E-state index contributed by atoms with van der Waals surface area (Å²) in [6.45, 7) is 0. The Morgan fingerprint density at radius 2 is 0.789 bits per heavy atom. The van der Waals surface area contributed by atoms with E-state index in [1.165, 1.54) is 82.7 Å². The molecular formula is C69H43NO. The molecule has 0 amide bonds. The number of para-hydroxylation sites is 2. The van der Waals surface area contributed by atoms with Crippen molar-refractivity contribution in [2.75, 3.05) is 4.90 Å². The summed E-state index contributed by atoms with van der Waals surface area (Å²) >= 11 is 0. The van der Waals surface area contributed by atoms with Gasteiger partial charge in [-0.05, 0) is 143 Å². The summed E-state index contributed by atoms with van der Waals surface area (Å²) in [5, 5.41) is 7.09. The quantitative estimate of drug-likeness (QED) is 0.165. The van der Waals surface area contributed by atoms with Crippen LogP contribution in [0.2, 0.25) is 0 Å². The molecule has 0 saturated heterocycles. The van der Waals surface area contributed by atoms with E-state index in [1.807, 2.05) is 0 Å². The van der Waals surface area contributed by atoms with Crippen molar-refractivity contribution >= 4 is 60.5 Å². The Morgan fingerprint density at radius 3 is 1.49 bits per heavy atom. The van der Waals surface area contributed by atoms with Crippen LogP contribution in [0.4, 0.5) is 17.1 Å². The first-order valence-electron chi connectivity index (χ1n) is 24.6. The highest BCUT2D eigenvalue weighted by Gasteiger charge is 2.51. The number of nitrogens with zero attached hydrogens (tertiary/aromatic N) is 1. The molecule has 1 spiro atoms. The van der Waals surface area contributed by atoms with Gasteiger partial charge in [-0.2, -0.15) is 0 Å². The van der Waals surface area contributed by atoms with Crippen LogP contribution >= 0.6 is 0 Å². The number of hydrogen-bond donors (Lipinski definition) is 0. The second kappa shape index (κ2) is 15.4. The van der Waals surface area contributed by atoms with Gasteiger partial charge < -0.3 is 9.32 Å². The van der Waals surface area contributed by atoms with E-state index in [4.69, 9.17) is 4.42 Å². The van der Waals surface area contributed by atoms with Crippen LogP contribution in [0.1, 0.15) is 22.3 Å². The minimum Gasteiger partial charge on any atom is -0.455 e. The maximum Gasteiger partial charge on any atom is 0.143 e. The van der Waals surface area contributed by atoms with E-state index in [1.54, 1.807) is 0 Å². The second-order valence-electron chi connectivity index (χ2n) is 19.1. The van der Waals surface area contributed by atoms with E-state index < -0.39 is 5.41 Å². The number of rotatable bonds is 6. The minimum absolute atomic E-state index is 0.483. The zero-order chi connectivity index (χ0) is 46.6. The Bertz CT molecular complexity index is 4240. The third-order valence-electron chi connectivity index (χ3n) is 15.4. The van der Waals surface area contributed by atoms with Crippen LogP contribution in [0.25, 0.3) is 99.1 Å². The molecule has 0 aliphatic heterocycles. The fraction of sp³-hybridized carbons (Fsp3) is 0.0145. The van der Waals surface area contributed by atoms with E-state index in [9.17, 15) is 0 Å². The first kappa shape index (κ1) is 39.7. The number of fused-ring (bicyclic) bond motifs is 15. The van der Waals surface area contributed by atoms with Crippen LogP contribution in [0.5, 0.6) is 0 Å². The van der Waals surface area contributed by atoms with Crippen LogP contribution in [-0.2, 0) is 5.41 Å². The third-order valence-corrected chi connectivity index (χ3v) is 15.4. The van der Waals surface area contributed by atoms with Gasteiger partial charge in [-0.15, -0.1) is 0 Å². The fourth-order valence-corrected chi connectivity index (χ4v) is 12.3. The van der Waals surface area contributed by atoms with Gasteiger partial charge in [0.15, 0.2) is 0 Å². The fourth-order valence-electron chi connectivity index (χ4n) is 12.3. The Kier molecular flexibility index (Phi) is 8.61. The predicted octanol–water partition coefficient (Wildman–Crippen LogP) is 18.7.